The lowest BCUT2D eigenvalue weighted by Crippen LogP contribution is -2.33. The summed E-state index contributed by atoms with van der Waals surface area (Å²) in [6.07, 6.45) is 0. The van der Waals surface area contributed by atoms with Crippen LogP contribution in [0.4, 0.5) is 0 Å². The predicted octanol–water partition coefficient (Wildman–Crippen LogP) is 1.77. The molecule has 2 aromatic rings. The summed E-state index contributed by atoms with van der Waals surface area (Å²) in [5.41, 5.74) is 0.168. The number of ether oxygens (including phenoxy) is 2. The van der Waals surface area contributed by atoms with Crippen molar-refractivity contribution in [3.8, 4) is 0 Å². The molecule has 2 rings (SSSR count). The van der Waals surface area contributed by atoms with Gasteiger partial charge in [-0.2, -0.15) is 4.31 Å². The van der Waals surface area contributed by atoms with Gasteiger partial charge >= 0.3 is 5.97 Å². The third kappa shape index (κ3) is 4.38. The minimum atomic E-state index is -3.68. The zero-order valence-electron chi connectivity index (χ0n) is 13.3. The molecule has 1 heterocycles. The Bertz CT molecular complexity index is 774. The molecule has 7 nitrogen and oxygen atoms in total. The monoisotopic (exact) mass is 370 g/mol. The van der Waals surface area contributed by atoms with Crippen LogP contribution in [0.3, 0.4) is 0 Å². The zero-order chi connectivity index (χ0) is 17.6. The molecule has 0 bridgehead atoms. The maximum Gasteiger partial charge on any atom is 0.357 e. The first-order chi connectivity index (χ1) is 11.5. The van der Waals surface area contributed by atoms with E-state index >= 15 is 0 Å². The fraction of sp³-hybridized carbons (Fsp3) is 0.333. The van der Waals surface area contributed by atoms with E-state index in [0.717, 1.165) is 0 Å². The number of benzene rings is 1. The van der Waals surface area contributed by atoms with E-state index in [1.165, 1.54) is 42.0 Å². The largest absolute Gasteiger partial charge is 0.464 e. The summed E-state index contributed by atoms with van der Waals surface area (Å²) in [5, 5.41) is 2.05. The molecular weight excluding hydrogens is 352 g/mol. The van der Waals surface area contributed by atoms with Crippen LogP contribution >= 0.6 is 11.3 Å². The summed E-state index contributed by atoms with van der Waals surface area (Å²) in [4.78, 5) is 15.8. The first kappa shape index (κ1) is 18.5. The number of carbonyl (C=O) groups excluding carboxylic acids is 1. The van der Waals surface area contributed by atoms with Crippen LogP contribution < -0.4 is 0 Å². The van der Waals surface area contributed by atoms with E-state index < -0.39 is 16.0 Å². The highest BCUT2D eigenvalue weighted by Gasteiger charge is 2.25. The highest BCUT2D eigenvalue weighted by molar-refractivity contribution is 7.89. The normalized spacial score (nSPS) is 11.6. The molecule has 0 saturated heterocycles. The average molecular weight is 370 g/mol. The lowest BCUT2D eigenvalue weighted by atomic mass is 10.4. The van der Waals surface area contributed by atoms with Crippen LogP contribution in [0.2, 0.25) is 0 Å². The third-order valence-corrected chi connectivity index (χ3v) is 5.88. The van der Waals surface area contributed by atoms with Crippen LogP contribution in [-0.2, 0) is 26.0 Å². The van der Waals surface area contributed by atoms with Gasteiger partial charge in [-0.1, -0.05) is 18.2 Å². The van der Waals surface area contributed by atoms with Crippen molar-refractivity contribution in [2.24, 2.45) is 0 Å². The van der Waals surface area contributed by atoms with Gasteiger partial charge in [0.15, 0.2) is 5.69 Å². The van der Waals surface area contributed by atoms with Gasteiger partial charge in [0.05, 0.1) is 25.2 Å². The van der Waals surface area contributed by atoms with Crippen LogP contribution in [-0.4, -0.2) is 51.0 Å². The van der Waals surface area contributed by atoms with Gasteiger partial charge in [-0.3, -0.25) is 0 Å². The molecule has 0 saturated carbocycles. The Labute approximate surface area is 144 Å². The second kappa shape index (κ2) is 8.34. The number of carbonyl (C=O) groups is 1. The Morgan fingerprint density at radius 3 is 2.58 bits per heavy atom. The molecule has 24 heavy (non-hydrogen) atoms. The standard InChI is InChI=1S/C15H18N2O5S2/c1-21-9-8-17(24(19,20)12-6-4-3-5-7-12)10-14-16-13(11-23-14)15(18)22-2/h3-7,11H,8-10H2,1-2H3. The summed E-state index contributed by atoms with van der Waals surface area (Å²) in [6.45, 7) is 0.490. The first-order valence-electron chi connectivity index (χ1n) is 7.06. The molecular formula is C15H18N2O5S2. The fourth-order valence-electron chi connectivity index (χ4n) is 1.95. The highest BCUT2D eigenvalue weighted by Crippen LogP contribution is 2.20. The SMILES string of the molecule is COCCN(Cc1nc(C(=O)OC)cs1)S(=O)(=O)c1ccccc1. The summed E-state index contributed by atoms with van der Waals surface area (Å²) < 4.78 is 36.5. The molecule has 0 fully saturated rings. The van der Waals surface area contributed by atoms with E-state index in [4.69, 9.17) is 4.74 Å². The van der Waals surface area contributed by atoms with Crippen LogP contribution in [0.5, 0.6) is 0 Å². The van der Waals surface area contributed by atoms with Crippen molar-refractivity contribution < 1.29 is 22.7 Å². The van der Waals surface area contributed by atoms with Gasteiger partial charge in [0, 0.05) is 19.0 Å². The minimum Gasteiger partial charge on any atom is -0.464 e. The number of hydrogen-bond donors (Lipinski definition) is 0. The maximum absolute atomic E-state index is 12.8. The van der Waals surface area contributed by atoms with Crippen LogP contribution in [0, 0.1) is 0 Å². The molecule has 9 heteroatoms. The Morgan fingerprint density at radius 1 is 1.25 bits per heavy atom. The Kier molecular flexibility index (Phi) is 6.44. The molecule has 0 spiro atoms. The molecule has 0 radical (unpaired) electrons. The van der Waals surface area contributed by atoms with Crippen LogP contribution in [0.1, 0.15) is 15.5 Å². The summed E-state index contributed by atoms with van der Waals surface area (Å²) >= 11 is 1.21. The molecule has 0 atom stereocenters. The number of rotatable bonds is 8. The number of nitrogens with zero attached hydrogens (tertiary/aromatic N) is 2. The number of hydrogen-bond acceptors (Lipinski definition) is 7. The van der Waals surface area contributed by atoms with E-state index in [1.54, 1.807) is 23.6 Å². The molecule has 0 aliphatic heterocycles. The molecule has 130 valence electrons. The zero-order valence-corrected chi connectivity index (χ0v) is 15.0. The Morgan fingerprint density at radius 2 is 1.96 bits per heavy atom. The highest BCUT2D eigenvalue weighted by atomic mass is 32.2. The van der Waals surface area contributed by atoms with Crippen molar-refractivity contribution >= 4 is 27.3 Å². The summed E-state index contributed by atoms with van der Waals surface area (Å²) in [7, 11) is -0.908. The quantitative estimate of drug-likeness (QED) is 0.658. The topological polar surface area (TPSA) is 85.8 Å². The number of aromatic nitrogens is 1. The lowest BCUT2D eigenvalue weighted by Gasteiger charge is -2.20. The smallest absolute Gasteiger partial charge is 0.357 e. The fourth-order valence-corrected chi connectivity index (χ4v) is 4.22. The van der Waals surface area contributed by atoms with Gasteiger partial charge in [0.25, 0.3) is 0 Å². The van der Waals surface area contributed by atoms with E-state index in [0.29, 0.717) is 5.01 Å². The molecule has 1 aromatic carbocycles. The second-order valence-electron chi connectivity index (χ2n) is 4.76. The van der Waals surface area contributed by atoms with Crippen molar-refractivity contribution in [2.75, 3.05) is 27.4 Å². The van der Waals surface area contributed by atoms with Gasteiger partial charge in [-0.15, -0.1) is 11.3 Å². The molecule has 0 unspecified atom stereocenters. The third-order valence-electron chi connectivity index (χ3n) is 3.18. The van der Waals surface area contributed by atoms with Crippen molar-refractivity contribution in [1.29, 1.82) is 0 Å². The lowest BCUT2D eigenvalue weighted by molar-refractivity contribution is 0.0594. The maximum atomic E-state index is 12.8. The predicted molar refractivity (Wildman–Crippen MR) is 89.4 cm³/mol. The minimum absolute atomic E-state index is 0.0578. The first-order valence-corrected chi connectivity index (χ1v) is 9.38. The van der Waals surface area contributed by atoms with Gasteiger partial charge in [0.1, 0.15) is 5.01 Å². The Hall–Kier alpha value is -1.81. The van der Waals surface area contributed by atoms with Crippen LogP contribution in [0.25, 0.3) is 0 Å². The van der Waals surface area contributed by atoms with Gasteiger partial charge < -0.3 is 9.47 Å². The van der Waals surface area contributed by atoms with Crippen LogP contribution in [0.15, 0.2) is 40.6 Å². The number of thiazole rings is 1. The second-order valence-corrected chi connectivity index (χ2v) is 7.64. The van der Waals surface area contributed by atoms with Crippen molar-refractivity contribution in [1.82, 2.24) is 9.29 Å². The average Bonchev–Trinajstić information content (AvgIpc) is 3.07. The van der Waals surface area contributed by atoms with Crippen molar-refractivity contribution in [3.05, 3.63) is 46.4 Å². The molecule has 0 N–H and O–H groups in total. The number of esters is 1. The molecule has 1 aromatic heterocycles. The number of sulfonamides is 1. The number of methoxy groups -OCH3 is 2. The molecule has 0 amide bonds. The molecule has 0 aliphatic rings. The molecule has 0 aliphatic carbocycles. The summed E-state index contributed by atoms with van der Waals surface area (Å²) in [5.74, 6) is -0.549. The van der Waals surface area contributed by atoms with Crippen molar-refractivity contribution in [3.63, 3.8) is 0 Å². The Balaban J connectivity index is 2.25. The van der Waals surface area contributed by atoms with E-state index in [9.17, 15) is 13.2 Å². The van der Waals surface area contributed by atoms with Gasteiger partial charge in [0.2, 0.25) is 10.0 Å². The van der Waals surface area contributed by atoms with E-state index in [2.05, 4.69) is 9.72 Å². The van der Waals surface area contributed by atoms with Gasteiger partial charge in [-0.25, -0.2) is 18.2 Å². The van der Waals surface area contributed by atoms with Gasteiger partial charge in [-0.05, 0) is 12.1 Å². The van der Waals surface area contributed by atoms with E-state index in [1.807, 2.05) is 0 Å². The summed E-state index contributed by atoms with van der Waals surface area (Å²) in [6, 6.07) is 8.16. The van der Waals surface area contributed by atoms with Crippen molar-refractivity contribution in [2.45, 2.75) is 11.4 Å². The van der Waals surface area contributed by atoms with E-state index in [-0.39, 0.29) is 30.3 Å².